The van der Waals surface area contributed by atoms with Crippen molar-refractivity contribution < 1.29 is 19.0 Å². The highest BCUT2D eigenvalue weighted by Crippen LogP contribution is 2.33. The standard InChI is InChI=1S/C17H17N3O4/c1-22-12-6-11(7-13(9-12)23-2)15-16(18)20-5-4-10(17(21)24-3)8-14(20)19-15/h4-9H,18H2,1-3H3. The van der Waals surface area contributed by atoms with Crippen molar-refractivity contribution in [2.45, 2.75) is 0 Å². The summed E-state index contributed by atoms with van der Waals surface area (Å²) in [6.07, 6.45) is 1.69. The van der Waals surface area contributed by atoms with Gasteiger partial charge in [-0.15, -0.1) is 0 Å². The Morgan fingerprint density at radius 2 is 1.75 bits per heavy atom. The first-order valence-electron chi connectivity index (χ1n) is 7.16. The van der Waals surface area contributed by atoms with Crippen molar-refractivity contribution >= 4 is 17.4 Å². The van der Waals surface area contributed by atoms with Crippen LogP contribution in [0, 0.1) is 0 Å². The number of fused-ring (bicyclic) bond motifs is 1. The summed E-state index contributed by atoms with van der Waals surface area (Å²) in [7, 11) is 4.49. The molecule has 0 fully saturated rings. The van der Waals surface area contributed by atoms with Crippen LogP contribution in [0.15, 0.2) is 36.5 Å². The maximum atomic E-state index is 11.7. The fraction of sp³-hybridized carbons (Fsp3) is 0.176. The second kappa shape index (κ2) is 6.11. The maximum absolute atomic E-state index is 11.7. The van der Waals surface area contributed by atoms with E-state index >= 15 is 0 Å². The van der Waals surface area contributed by atoms with Crippen molar-refractivity contribution in [1.29, 1.82) is 0 Å². The van der Waals surface area contributed by atoms with Gasteiger partial charge in [-0.3, -0.25) is 4.40 Å². The number of aromatic nitrogens is 2. The summed E-state index contributed by atoms with van der Waals surface area (Å²) in [5, 5.41) is 0. The Morgan fingerprint density at radius 3 is 2.33 bits per heavy atom. The van der Waals surface area contributed by atoms with E-state index in [2.05, 4.69) is 4.98 Å². The first-order chi connectivity index (χ1) is 11.6. The van der Waals surface area contributed by atoms with E-state index in [4.69, 9.17) is 19.9 Å². The number of nitrogens with two attached hydrogens (primary N) is 1. The quantitative estimate of drug-likeness (QED) is 0.740. The van der Waals surface area contributed by atoms with Gasteiger partial charge in [-0.2, -0.15) is 0 Å². The molecular formula is C17H17N3O4. The largest absolute Gasteiger partial charge is 0.497 e. The molecule has 2 aromatic heterocycles. The van der Waals surface area contributed by atoms with E-state index in [0.717, 1.165) is 5.56 Å². The number of carbonyl (C=O) groups is 1. The molecule has 7 heteroatoms. The van der Waals surface area contributed by atoms with Crippen LogP contribution in [0.5, 0.6) is 11.5 Å². The zero-order valence-corrected chi connectivity index (χ0v) is 13.6. The summed E-state index contributed by atoms with van der Waals surface area (Å²) in [4.78, 5) is 16.2. The van der Waals surface area contributed by atoms with Crippen LogP contribution in [-0.2, 0) is 4.74 Å². The monoisotopic (exact) mass is 327 g/mol. The minimum atomic E-state index is -0.427. The molecule has 2 heterocycles. The predicted octanol–water partition coefficient (Wildman–Crippen LogP) is 2.39. The van der Waals surface area contributed by atoms with Crippen LogP contribution in [0.1, 0.15) is 10.4 Å². The van der Waals surface area contributed by atoms with Gasteiger partial charge in [0.2, 0.25) is 0 Å². The molecule has 0 saturated carbocycles. The van der Waals surface area contributed by atoms with Crippen LogP contribution in [0.25, 0.3) is 16.9 Å². The highest BCUT2D eigenvalue weighted by molar-refractivity contribution is 5.91. The Kier molecular flexibility index (Phi) is 3.99. The Bertz CT molecular complexity index is 895. The summed E-state index contributed by atoms with van der Waals surface area (Å²) >= 11 is 0. The predicted molar refractivity (Wildman–Crippen MR) is 89.5 cm³/mol. The van der Waals surface area contributed by atoms with Gasteiger partial charge in [0.15, 0.2) is 0 Å². The molecule has 0 atom stereocenters. The van der Waals surface area contributed by atoms with Gasteiger partial charge in [0.25, 0.3) is 0 Å². The van der Waals surface area contributed by atoms with Gasteiger partial charge >= 0.3 is 5.97 Å². The lowest BCUT2D eigenvalue weighted by Crippen LogP contribution is -2.02. The number of methoxy groups -OCH3 is 3. The molecule has 0 saturated heterocycles. The fourth-order valence-electron chi connectivity index (χ4n) is 2.47. The number of ether oxygens (including phenoxy) is 3. The Balaban J connectivity index is 2.16. The Labute approximate surface area is 138 Å². The van der Waals surface area contributed by atoms with Crippen molar-refractivity contribution in [1.82, 2.24) is 9.38 Å². The van der Waals surface area contributed by atoms with Crippen LogP contribution in [0.3, 0.4) is 0 Å². The molecule has 0 aliphatic heterocycles. The molecule has 0 radical (unpaired) electrons. The summed E-state index contributed by atoms with van der Waals surface area (Å²) in [6.45, 7) is 0. The number of nitrogen functional groups attached to an aromatic ring is 1. The molecule has 24 heavy (non-hydrogen) atoms. The summed E-state index contributed by atoms with van der Waals surface area (Å²) < 4.78 is 17.0. The smallest absolute Gasteiger partial charge is 0.338 e. The molecule has 0 bridgehead atoms. The Hall–Kier alpha value is -3.22. The zero-order chi connectivity index (χ0) is 17.3. The Morgan fingerprint density at radius 1 is 1.08 bits per heavy atom. The lowest BCUT2D eigenvalue weighted by Gasteiger charge is -2.07. The first-order valence-corrected chi connectivity index (χ1v) is 7.16. The zero-order valence-electron chi connectivity index (χ0n) is 13.6. The van der Waals surface area contributed by atoms with E-state index in [0.29, 0.717) is 34.2 Å². The molecule has 124 valence electrons. The maximum Gasteiger partial charge on any atom is 0.338 e. The highest BCUT2D eigenvalue weighted by Gasteiger charge is 2.15. The molecule has 1 aromatic carbocycles. The van der Waals surface area contributed by atoms with Crippen molar-refractivity contribution in [3.63, 3.8) is 0 Å². The average Bonchev–Trinajstić information content (AvgIpc) is 2.96. The van der Waals surface area contributed by atoms with Crippen molar-refractivity contribution in [3.05, 3.63) is 42.1 Å². The second-order valence-corrected chi connectivity index (χ2v) is 5.08. The number of rotatable bonds is 4. The number of carbonyl (C=O) groups excluding carboxylic acids is 1. The molecular weight excluding hydrogens is 310 g/mol. The van der Waals surface area contributed by atoms with Crippen LogP contribution in [0.2, 0.25) is 0 Å². The number of esters is 1. The van der Waals surface area contributed by atoms with Gasteiger partial charge in [-0.1, -0.05) is 0 Å². The summed E-state index contributed by atoms with van der Waals surface area (Å²) in [5.41, 5.74) is 8.51. The summed E-state index contributed by atoms with van der Waals surface area (Å²) in [6, 6.07) is 8.67. The molecule has 0 unspecified atom stereocenters. The number of hydrogen-bond acceptors (Lipinski definition) is 6. The minimum absolute atomic E-state index is 0.407. The SMILES string of the molecule is COC(=O)c1ccn2c(N)c(-c3cc(OC)cc(OC)c3)nc2c1. The topological polar surface area (TPSA) is 88.1 Å². The van der Waals surface area contributed by atoms with Crippen LogP contribution in [-0.4, -0.2) is 36.7 Å². The molecule has 0 spiro atoms. The van der Waals surface area contributed by atoms with Gasteiger partial charge in [0, 0.05) is 17.8 Å². The molecule has 7 nitrogen and oxygen atoms in total. The van der Waals surface area contributed by atoms with E-state index < -0.39 is 5.97 Å². The number of anilines is 1. The highest BCUT2D eigenvalue weighted by atomic mass is 16.5. The van der Waals surface area contributed by atoms with Gasteiger partial charge in [-0.25, -0.2) is 9.78 Å². The van der Waals surface area contributed by atoms with Gasteiger partial charge in [0.05, 0.1) is 26.9 Å². The number of benzene rings is 1. The third kappa shape index (κ3) is 2.60. The summed E-state index contributed by atoms with van der Waals surface area (Å²) in [5.74, 6) is 1.30. The number of pyridine rings is 1. The van der Waals surface area contributed by atoms with E-state index in [9.17, 15) is 4.79 Å². The van der Waals surface area contributed by atoms with E-state index in [1.165, 1.54) is 7.11 Å². The molecule has 0 amide bonds. The van der Waals surface area contributed by atoms with E-state index in [-0.39, 0.29) is 0 Å². The lowest BCUT2D eigenvalue weighted by atomic mass is 10.1. The third-order valence-electron chi connectivity index (χ3n) is 3.71. The van der Waals surface area contributed by atoms with Crippen LogP contribution < -0.4 is 15.2 Å². The fourth-order valence-corrected chi connectivity index (χ4v) is 2.47. The van der Waals surface area contributed by atoms with Gasteiger partial charge in [-0.05, 0) is 24.3 Å². The van der Waals surface area contributed by atoms with Crippen molar-refractivity contribution in [3.8, 4) is 22.8 Å². The number of imidazole rings is 1. The molecule has 0 aliphatic carbocycles. The van der Waals surface area contributed by atoms with Crippen LogP contribution in [0.4, 0.5) is 5.82 Å². The van der Waals surface area contributed by atoms with Crippen molar-refractivity contribution in [2.75, 3.05) is 27.1 Å². The first kappa shape index (κ1) is 15.7. The van der Waals surface area contributed by atoms with Crippen LogP contribution >= 0.6 is 0 Å². The number of hydrogen-bond donors (Lipinski definition) is 1. The average molecular weight is 327 g/mol. The second-order valence-electron chi connectivity index (χ2n) is 5.08. The van der Waals surface area contributed by atoms with Gasteiger partial charge < -0.3 is 19.9 Å². The molecule has 0 aliphatic rings. The number of nitrogens with zero attached hydrogens (tertiary/aromatic N) is 2. The third-order valence-corrected chi connectivity index (χ3v) is 3.71. The van der Waals surface area contributed by atoms with E-state index in [1.807, 2.05) is 12.1 Å². The van der Waals surface area contributed by atoms with E-state index in [1.54, 1.807) is 43.0 Å². The normalized spacial score (nSPS) is 10.6. The minimum Gasteiger partial charge on any atom is -0.497 e. The lowest BCUT2D eigenvalue weighted by molar-refractivity contribution is 0.0600. The van der Waals surface area contributed by atoms with Crippen molar-refractivity contribution in [2.24, 2.45) is 0 Å². The molecule has 2 N–H and O–H groups in total. The van der Waals surface area contributed by atoms with Gasteiger partial charge in [0.1, 0.15) is 28.7 Å². The molecule has 3 rings (SSSR count). The molecule has 3 aromatic rings.